The van der Waals surface area contributed by atoms with Gasteiger partial charge in [-0.25, -0.2) is 9.80 Å². The summed E-state index contributed by atoms with van der Waals surface area (Å²) < 4.78 is 4.78. The number of carbonyl (C=O) groups is 1. The third-order valence-electron chi connectivity index (χ3n) is 1.94. The van der Waals surface area contributed by atoms with Crippen molar-refractivity contribution < 1.29 is 9.53 Å². The molecule has 0 unspecified atom stereocenters. The van der Waals surface area contributed by atoms with Crippen LogP contribution in [-0.4, -0.2) is 48.3 Å². The van der Waals surface area contributed by atoms with Crippen LogP contribution in [0.2, 0.25) is 0 Å². The topological polar surface area (TPSA) is 36.0 Å². The number of carbonyl (C=O) groups excluding carboxylic acids is 1. The van der Waals surface area contributed by atoms with E-state index in [2.05, 4.69) is 0 Å². The van der Waals surface area contributed by atoms with Gasteiger partial charge in [0.1, 0.15) is 6.67 Å². The van der Waals surface area contributed by atoms with Crippen molar-refractivity contribution in [2.75, 3.05) is 27.4 Å². The van der Waals surface area contributed by atoms with Crippen LogP contribution < -0.4 is 0 Å². The quantitative estimate of drug-likeness (QED) is 0.502. The molecule has 0 radical (unpaired) electrons. The van der Waals surface area contributed by atoms with Crippen LogP contribution in [0.1, 0.15) is 6.92 Å². The molecule has 0 amide bonds. The molecule has 0 bridgehead atoms. The molecule has 0 aromatic heterocycles. The highest BCUT2D eigenvalue weighted by Crippen LogP contribution is 2.07. The minimum absolute atomic E-state index is 0.311. The van der Waals surface area contributed by atoms with E-state index in [9.17, 15) is 4.79 Å². The van der Waals surface area contributed by atoms with Gasteiger partial charge in [0.2, 0.25) is 0 Å². The fraction of sp³-hybridized carbons (Fsp3) is 0.500. The minimum Gasteiger partial charge on any atom is -0.463 e. The fourth-order valence-corrected chi connectivity index (χ4v) is 1.13. The molecule has 1 aliphatic rings. The Morgan fingerprint density at radius 2 is 2.27 bits per heavy atom. The summed E-state index contributed by atoms with van der Waals surface area (Å²) in [6.07, 6.45) is 6.97. The van der Waals surface area contributed by atoms with E-state index >= 15 is 0 Å². The molecule has 0 N–H and O–H groups in total. The Hall–Kier alpha value is -1.49. The molecule has 15 heavy (non-hydrogen) atoms. The average Bonchev–Trinajstić information content (AvgIpc) is 2.63. The summed E-state index contributed by atoms with van der Waals surface area (Å²) >= 11 is 0. The maximum Gasteiger partial charge on any atom is 0.332 e. The first-order valence-electron chi connectivity index (χ1n) is 4.86. The number of esters is 1. The van der Waals surface area contributed by atoms with Gasteiger partial charge < -0.3 is 9.64 Å². The molecular formula is C10H17N3O2. The predicted octanol–water partition coefficient (Wildman–Crippen LogP) is 0.586. The van der Waals surface area contributed by atoms with Crippen LogP contribution >= 0.6 is 0 Å². The molecule has 5 nitrogen and oxygen atoms in total. The Bertz CT molecular complexity index is 274. The van der Waals surface area contributed by atoms with Gasteiger partial charge in [0, 0.05) is 38.8 Å². The van der Waals surface area contributed by atoms with E-state index in [0.29, 0.717) is 13.3 Å². The second-order valence-corrected chi connectivity index (χ2v) is 3.31. The molecule has 1 rings (SSSR count). The Kier molecular flexibility index (Phi) is 4.17. The Morgan fingerprint density at radius 1 is 1.53 bits per heavy atom. The molecule has 84 valence electrons. The molecule has 0 atom stereocenters. The number of ether oxygens (including phenoxy) is 1. The summed E-state index contributed by atoms with van der Waals surface area (Å²) in [4.78, 5) is 12.9. The summed E-state index contributed by atoms with van der Waals surface area (Å²) in [7, 11) is 3.92. The van der Waals surface area contributed by atoms with Crippen LogP contribution in [0.15, 0.2) is 24.7 Å². The second-order valence-electron chi connectivity index (χ2n) is 3.31. The number of hydrazine groups is 1. The maximum atomic E-state index is 11.0. The molecule has 0 spiro atoms. The zero-order valence-corrected chi connectivity index (χ0v) is 9.38. The molecule has 1 heterocycles. The third-order valence-corrected chi connectivity index (χ3v) is 1.94. The molecule has 0 aliphatic carbocycles. The van der Waals surface area contributed by atoms with Crippen molar-refractivity contribution in [2.24, 2.45) is 0 Å². The normalized spacial score (nSPS) is 15.7. The lowest BCUT2D eigenvalue weighted by molar-refractivity contribution is -0.137. The monoisotopic (exact) mass is 211 g/mol. The van der Waals surface area contributed by atoms with E-state index in [-0.39, 0.29) is 5.97 Å². The first kappa shape index (κ1) is 11.6. The fourth-order valence-electron chi connectivity index (χ4n) is 1.13. The molecule has 0 aromatic carbocycles. The standard InChI is InChI=1S/C10H17N3O2/c1-4-15-10(14)5-6-12-7-8-13(9-12)11(2)3/h5-8H,4,9H2,1-3H3. The van der Waals surface area contributed by atoms with E-state index < -0.39 is 0 Å². The van der Waals surface area contributed by atoms with Crippen molar-refractivity contribution in [2.45, 2.75) is 6.92 Å². The lowest BCUT2D eigenvalue weighted by atomic mass is 10.6. The van der Waals surface area contributed by atoms with Crippen LogP contribution in [-0.2, 0) is 9.53 Å². The molecule has 0 fully saturated rings. The van der Waals surface area contributed by atoms with Crippen molar-refractivity contribution in [1.82, 2.24) is 14.9 Å². The van der Waals surface area contributed by atoms with E-state index in [1.165, 1.54) is 6.08 Å². The molecule has 5 heteroatoms. The van der Waals surface area contributed by atoms with E-state index in [1.807, 2.05) is 41.4 Å². The van der Waals surface area contributed by atoms with E-state index in [4.69, 9.17) is 4.74 Å². The second kappa shape index (κ2) is 5.41. The zero-order valence-electron chi connectivity index (χ0n) is 9.38. The van der Waals surface area contributed by atoms with Crippen molar-refractivity contribution in [3.05, 3.63) is 24.7 Å². The maximum absolute atomic E-state index is 11.0. The highest BCUT2D eigenvalue weighted by Gasteiger charge is 2.11. The summed E-state index contributed by atoms with van der Waals surface area (Å²) in [6.45, 7) is 2.90. The Labute approximate surface area is 90.2 Å². The van der Waals surface area contributed by atoms with Gasteiger partial charge in [0.05, 0.1) is 6.61 Å². The zero-order chi connectivity index (χ0) is 11.3. The summed E-state index contributed by atoms with van der Waals surface area (Å²) in [5.41, 5.74) is 0. The first-order valence-corrected chi connectivity index (χ1v) is 4.86. The highest BCUT2D eigenvalue weighted by molar-refractivity contribution is 5.81. The Morgan fingerprint density at radius 3 is 2.80 bits per heavy atom. The molecular weight excluding hydrogens is 194 g/mol. The van der Waals surface area contributed by atoms with Gasteiger partial charge in [-0.1, -0.05) is 0 Å². The van der Waals surface area contributed by atoms with Gasteiger partial charge in [0.15, 0.2) is 0 Å². The summed E-state index contributed by atoms with van der Waals surface area (Å²) in [5, 5.41) is 3.98. The molecule has 1 aliphatic heterocycles. The lowest BCUT2D eigenvalue weighted by Crippen LogP contribution is -2.33. The van der Waals surface area contributed by atoms with Crippen LogP contribution in [0, 0.1) is 0 Å². The summed E-state index contributed by atoms with van der Waals surface area (Å²) in [6, 6.07) is 0. The van der Waals surface area contributed by atoms with Gasteiger partial charge in [0.25, 0.3) is 0 Å². The number of rotatable bonds is 4. The predicted molar refractivity (Wildman–Crippen MR) is 57.1 cm³/mol. The van der Waals surface area contributed by atoms with Crippen molar-refractivity contribution in [3.63, 3.8) is 0 Å². The van der Waals surface area contributed by atoms with Gasteiger partial charge in [-0.2, -0.15) is 0 Å². The van der Waals surface area contributed by atoms with Gasteiger partial charge in [-0.3, -0.25) is 5.01 Å². The van der Waals surface area contributed by atoms with Crippen molar-refractivity contribution >= 4 is 5.97 Å². The van der Waals surface area contributed by atoms with Gasteiger partial charge in [-0.15, -0.1) is 0 Å². The van der Waals surface area contributed by atoms with Crippen LogP contribution in [0.25, 0.3) is 0 Å². The van der Waals surface area contributed by atoms with Gasteiger partial charge >= 0.3 is 5.97 Å². The average molecular weight is 211 g/mol. The molecule has 0 saturated carbocycles. The highest BCUT2D eigenvalue weighted by atomic mass is 16.5. The van der Waals surface area contributed by atoms with Crippen molar-refractivity contribution in [1.29, 1.82) is 0 Å². The van der Waals surface area contributed by atoms with Crippen LogP contribution in [0.4, 0.5) is 0 Å². The summed E-state index contributed by atoms with van der Waals surface area (Å²) in [5.74, 6) is -0.311. The van der Waals surface area contributed by atoms with Crippen LogP contribution in [0.3, 0.4) is 0 Å². The number of hydrogen-bond acceptors (Lipinski definition) is 5. The number of hydrogen-bond donors (Lipinski definition) is 0. The number of nitrogens with zero attached hydrogens (tertiary/aromatic N) is 3. The van der Waals surface area contributed by atoms with E-state index in [1.54, 1.807) is 13.1 Å². The Balaban J connectivity index is 2.36. The lowest BCUT2D eigenvalue weighted by Gasteiger charge is -2.24. The minimum atomic E-state index is -0.311. The smallest absolute Gasteiger partial charge is 0.332 e. The van der Waals surface area contributed by atoms with Crippen molar-refractivity contribution in [3.8, 4) is 0 Å². The molecule has 0 saturated heterocycles. The first-order chi connectivity index (χ1) is 7.13. The molecule has 0 aromatic rings. The van der Waals surface area contributed by atoms with Crippen LogP contribution in [0.5, 0.6) is 0 Å². The third kappa shape index (κ3) is 3.63. The van der Waals surface area contributed by atoms with Gasteiger partial charge in [-0.05, 0) is 6.92 Å². The van der Waals surface area contributed by atoms with E-state index in [0.717, 1.165) is 0 Å². The largest absolute Gasteiger partial charge is 0.463 e. The SMILES string of the molecule is CCOC(=O)C=CN1C=CN(N(C)C)C1.